The number of carbonyl (C=O) groups is 1. The maximum absolute atomic E-state index is 13.0. The summed E-state index contributed by atoms with van der Waals surface area (Å²) in [6.45, 7) is 1.05. The standard InChI is InChI=1S/C24H30N4O/c29-23(27-24-12-16-9-17(13-24)11-18(10-16)14-24)26-20-6-2-1-5-19(20)21-15-28-8-4-3-7-22(28)25-21/h1-2,5-6,15-18H,3-4,7-14H2,(H2,26,27,29). The Balaban J connectivity index is 1.22. The molecule has 0 spiro atoms. The van der Waals surface area contributed by atoms with Crippen LogP contribution in [0.1, 0.15) is 57.2 Å². The molecule has 4 bridgehead atoms. The Bertz CT molecular complexity index is 887. The van der Waals surface area contributed by atoms with E-state index in [-0.39, 0.29) is 11.6 Å². The molecule has 4 saturated carbocycles. The van der Waals surface area contributed by atoms with Gasteiger partial charge in [-0.25, -0.2) is 9.78 Å². The number of amides is 2. The number of imidazole rings is 1. The lowest BCUT2D eigenvalue weighted by molar-refractivity contribution is -0.0127. The van der Waals surface area contributed by atoms with Crippen molar-refractivity contribution in [3.8, 4) is 11.3 Å². The molecule has 0 saturated heterocycles. The minimum Gasteiger partial charge on any atom is -0.334 e. The molecule has 2 aromatic rings. The molecule has 2 heterocycles. The summed E-state index contributed by atoms with van der Waals surface area (Å²) in [4.78, 5) is 17.9. The quantitative estimate of drug-likeness (QED) is 0.777. The van der Waals surface area contributed by atoms with Crippen molar-refractivity contribution in [2.75, 3.05) is 5.32 Å². The number of carbonyl (C=O) groups excluding carboxylic acids is 1. The number of para-hydroxylation sites is 1. The van der Waals surface area contributed by atoms with Crippen LogP contribution in [0.25, 0.3) is 11.3 Å². The average Bonchev–Trinajstić information content (AvgIpc) is 3.11. The Morgan fingerprint density at radius 1 is 1.03 bits per heavy atom. The fourth-order valence-corrected chi connectivity index (χ4v) is 7.02. The van der Waals surface area contributed by atoms with Crippen LogP contribution in [0.15, 0.2) is 30.5 Å². The summed E-state index contributed by atoms with van der Waals surface area (Å²) in [5, 5.41) is 6.59. The van der Waals surface area contributed by atoms with Crippen LogP contribution in [0.3, 0.4) is 0 Å². The monoisotopic (exact) mass is 390 g/mol. The average molecular weight is 391 g/mol. The Morgan fingerprint density at radius 2 is 1.76 bits per heavy atom. The van der Waals surface area contributed by atoms with Crippen LogP contribution in [-0.4, -0.2) is 21.1 Å². The van der Waals surface area contributed by atoms with E-state index in [1.54, 1.807) is 0 Å². The molecule has 4 aliphatic carbocycles. The first-order chi connectivity index (χ1) is 14.2. The van der Waals surface area contributed by atoms with E-state index < -0.39 is 0 Å². The highest BCUT2D eigenvalue weighted by Gasteiger charge is 2.51. The number of rotatable bonds is 3. The Labute approximate surface area is 172 Å². The largest absolute Gasteiger partial charge is 0.334 e. The van der Waals surface area contributed by atoms with E-state index in [2.05, 4.69) is 27.5 Å². The predicted octanol–water partition coefficient (Wildman–Crippen LogP) is 4.98. The molecule has 1 aromatic carbocycles. The number of fused-ring (bicyclic) bond motifs is 1. The van der Waals surface area contributed by atoms with E-state index in [1.165, 1.54) is 57.2 Å². The van der Waals surface area contributed by atoms with E-state index >= 15 is 0 Å². The van der Waals surface area contributed by atoms with Crippen LogP contribution in [0.2, 0.25) is 0 Å². The molecule has 0 unspecified atom stereocenters. The topological polar surface area (TPSA) is 59.0 Å². The zero-order valence-corrected chi connectivity index (χ0v) is 17.0. The van der Waals surface area contributed by atoms with E-state index in [9.17, 15) is 4.79 Å². The zero-order chi connectivity index (χ0) is 19.4. The summed E-state index contributed by atoms with van der Waals surface area (Å²) >= 11 is 0. The third-order valence-electron chi connectivity index (χ3n) is 7.78. The van der Waals surface area contributed by atoms with Gasteiger partial charge in [-0.15, -0.1) is 0 Å². The molecule has 0 radical (unpaired) electrons. The molecule has 152 valence electrons. The summed E-state index contributed by atoms with van der Waals surface area (Å²) in [5.41, 5.74) is 2.86. The molecule has 1 aromatic heterocycles. The number of aryl methyl sites for hydroxylation is 2. The van der Waals surface area contributed by atoms with Gasteiger partial charge in [0.15, 0.2) is 0 Å². The van der Waals surface area contributed by atoms with Crippen molar-refractivity contribution >= 4 is 11.7 Å². The summed E-state index contributed by atoms with van der Waals surface area (Å²) in [7, 11) is 0. The van der Waals surface area contributed by atoms with Crippen molar-refractivity contribution in [2.24, 2.45) is 17.8 Å². The number of aromatic nitrogens is 2. The third-order valence-corrected chi connectivity index (χ3v) is 7.78. The van der Waals surface area contributed by atoms with E-state index in [0.29, 0.717) is 0 Å². The highest BCUT2D eigenvalue weighted by molar-refractivity contribution is 5.94. The van der Waals surface area contributed by atoms with Crippen molar-refractivity contribution in [1.29, 1.82) is 0 Å². The minimum atomic E-state index is -0.0524. The minimum absolute atomic E-state index is 0.0290. The molecule has 29 heavy (non-hydrogen) atoms. The first kappa shape index (κ1) is 17.5. The molecule has 2 amide bonds. The van der Waals surface area contributed by atoms with Crippen LogP contribution < -0.4 is 10.6 Å². The first-order valence-corrected chi connectivity index (χ1v) is 11.4. The van der Waals surface area contributed by atoms with Gasteiger partial charge in [0.25, 0.3) is 0 Å². The summed E-state index contributed by atoms with van der Waals surface area (Å²) in [5.74, 6) is 3.64. The molecule has 7 rings (SSSR count). The van der Waals surface area contributed by atoms with Crippen LogP contribution in [-0.2, 0) is 13.0 Å². The summed E-state index contributed by atoms with van der Waals surface area (Å²) in [6, 6.07) is 8.01. The SMILES string of the molecule is O=C(Nc1ccccc1-c1cn2c(n1)CCCC2)NC12CC3CC(CC(C3)C1)C2. The van der Waals surface area contributed by atoms with Crippen LogP contribution in [0.4, 0.5) is 10.5 Å². The van der Waals surface area contributed by atoms with Gasteiger partial charge in [-0.2, -0.15) is 0 Å². The first-order valence-electron chi connectivity index (χ1n) is 11.4. The van der Waals surface area contributed by atoms with Crippen molar-refractivity contribution in [3.05, 3.63) is 36.3 Å². The molecular weight excluding hydrogens is 360 g/mol. The van der Waals surface area contributed by atoms with Gasteiger partial charge < -0.3 is 15.2 Å². The lowest BCUT2D eigenvalue weighted by Crippen LogP contribution is -2.60. The number of anilines is 1. The Morgan fingerprint density at radius 3 is 2.48 bits per heavy atom. The number of hydrogen-bond donors (Lipinski definition) is 2. The van der Waals surface area contributed by atoms with Gasteiger partial charge in [0, 0.05) is 30.3 Å². The summed E-state index contributed by atoms with van der Waals surface area (Å²) in [6.07, 6.45) is 13.3. The molecule has 2 N–H and O–H groups in total. The van der Waals surface area contributed by atoms with Gasteiger partial charge in [0.1, 0.15) is 5.82 Å². The second kappa shape index (κ2) is 6.61. The van der Waals surface area contributed by atoms with Gasteiger partial charge in [-0.3, -0.25) is 0 Å². The molecule has 4 fully saturated rings. The predicted molar refractivity (Wildman–Crippen MR) is 114 cm³/mol. The van der Waals surface area contributed by atoms with Crippen molar-refractivity contribution < 1.29 is 4.79 Å². The van der Waals surface area contributed by atoms with Crippen molar-refractivity contribution in [3.63, 3.8) is 0 Å². The lowest BCUT2D eigenvalue weighted by Gasteiger charge is -2.56. The zero-order valence-electron chi connectivity index (χ0n) is 17.0. The molecule has 5 aliphatic rings. The second-order valence-electron chi connectivity index (χ2n) is 10.0. The van der Waals surface area contributed by atoms with Crippen LogP contribution >= 0.6 is 0 Å². The molecule has 5 heteroatoms. The fraction of sp³-hybridized carbons (Fsp3) is 0.583. The Hall–Kier alpha value is -2.30. The molecular formula is C24H30N4O. The van der Waals surface area contributed by atoms with Gasteiger partial charge in [0.05, 0.1) is 11.4 Å². The number of urea groups is 1. The molecule has 5 nitrogen and oxygen atoms in total. The van der Waals surface area contributed by atoms with E-state index in [1.807, 2.05) is 18.2 Å². The second-order valence-corrected chi connectivity index (χ2v) is 10.0. The lowest BCUT2D eigenvalue weighted by atomic mass is 9.53. The van der Waals surface area contributed by atoms with Crippen LogP contribution in [0.5, 0.6) is 0 Å². The molecule has 1 aliphatic heterocycles. The van der Waals surface area contributed by atoms with Gasteiger partial charge in [0.2, 0.25) is 0 Å². The van der Waals surface area contributed by atoms with E-state index in [0.717, 1.165) is 47.7 Å². The maximum Gasteiger partial charge on any atom is 0.319 e. The van der Waals surface area contributed by atoms with E-state index in [4.69, 9.17) is 4.98 Å². The number of hydrogen-bond acceptors (Lipinski definition) is 2. The maximum atomic E-state index is 13.0. The van der Waals surface area contributed by atoms with Gasteiger partial charge in [-0.05, 0) is 75.2 Å². The Kier molecular flexibility index (Phi) is 4.00. The van der Waals surface area contributed by atoms with Gasteiger partial charge in [-0.1, -0.05) is 18.2 Å². The fourth-order valence-electron chi connectivity index (χ4n) is 7.02. The number of nitrogens with zero attached hydrogens (tertiary/aromatic N) is 2. The highest BCUT2D eigenvalue weighted by atomic mass is 16.2. The van der Waals surface area contributed by atoms with Crippen molar-refractivity contribution in [2.45, 2.75) is 69.9 Å². The summed E-state index contributed by atoms with van der Waals surface area (Å²) < 4.78 is 2.27. The molecule has 0 atom stereocenters. The normalized spacial score (nSPS) is 32.1. The third kappa shape index (κ3) is 3.15. The number of benzene rings is 1. The smallest absolute Gasteiger partial charge is 0.319 e. The van der Waals surface area contributed by atoms with Crippen LogP contribution in [0, 0.1) is 17.8 Å². The van der Waals surface area contributed by atoms with Crippen molar-refractivity contribution in [1.82, 2.24) is 14.9 Å². The highest BCUT2D eigenvalue weighted by Crippen LogP contribution is 2.55. The number of nitrogens with one attached hydrogen (secondary N) is 2. The van der Waals surface area contributed by atoms with Gasteiger partial charge >= 0.3 is 6.03 Å².